The Hall–Kier alpha value is -1.21. The van der Waals surface area contributed by atoms with Gasteiger partial charge in [-0.1, -0.05) is 18.2 Å². The van der Waals surface area contributed by atoms with Gasteiger partial charge in [-0.2, -0.15) is 0 Å². The molecule has 1 rings (SSSR count). The van der Waals surface area contributed by atoms with Gasteiger partial charge in [0.05, 0.1) is 18.1 Å². The molecule has 136 valence electrons. The predicted molar refractivity (Wildman–Crippen MR) is 88.8 cm³/mol. The maximum Gasteiger partial charge on any atom is 0.529 e. The molecule has 0 aliphatic rings. The molecule has 24 heavy (non-hydrogen) atoms. The molecule has 0 bridgehead atoms. The minimum atomic E-state index is -4.10. The van der Waals surface area contributed by atoms with Gasteiger partial charge in [0.25, 0.3) is 0 Å². The van der Waals surface area contributed by atoms with Gasteiger partial charge in [-0.05, 0) is 39.0 Å². The normalized spacial score (nSPS) is 14.4. The van der Waals surface area contributed by atoms with Crippen LogP contribution in [0.4, 0.5) is 4.39 Å². The molecule has 0 saturated carbocycles. The second-order valence-corrected chi connectivity index (χ2v) is 8.36. The van der Waals surface area contributed by atoms with Gasteiger partial charge in [0, 0.05) is 6.42 Å². The number of hydrogen-bond donors (Lipinski definition) is 0. The molecule has 0 spiro atoms. The monoisotopic (exact) mass is 380 g/mol. The first-order valence-electron chi connectivity index (χ1n) is 7.43. The van der Waals surface area contributed by atoms with Gasteiger partial charge in [0.15, 0.2) is 0 Å². The topological polar surface area (TPSA) is 78.9 Å². The maximum absolute atomic E-state index is 14.1. The van der Waals surface area contributed by atoms with Crippen LogP contribution < -0.4 is 0 Å². The minimum Gasteiger partial charge on any atom is -0.409 e. The summed E-state index contributed by atoms with van der Waals surface area (Å²) in [4.78, 5) is -0.0984. The van der Waals surface area contributed by atoms with Crippen molar-refractivity contribution < 1.29 is 30.9 Å². The van der Waals surface area contributed by atoms with Crippen molar-refractivity contribution in [3.63, 3.8) is 0 Å². The third-order valence-corrected chi connectivity index (χ3v) is 6.28. The molecule has 6 nitrogen and oxygen atoms in total. The minimum absolute atomic E-state index is 0.0612. The highest BCUT2D eigenvalue weighted by Crippen LogP contribution is 2.51. The molecule has 0 heterocycles. The van der Waals surface area contributed by atoms with Crippen LogP contribution in [0.3, 0.4) is 0 Å². The Morgan fingerprint density at radius 2 is 1.75 bits per heavy atom. The van der Waals surface area contributed by atoms with E-state index in [1.165, 1.54) is 37.3 Å². The molecule has 0 fully saturated rings. The van der Waals surface area contributed by atoms with Gasteiger partial charge in [-0.15, -0.1) is 0 Å². The molecule has 1 aromatic carbocycles. The SMILES string of the molecule is CCOP(=O)(OCC)O/C(C)=C\CC(F)S(=O)(=O)c1ccccc1. The summed E-state index contributed by atoms with van der Waals surface area (Å²) in [5, 5.41) is 0. The number of allylic oxidation sites excluding steroid dienone is 2. The molecule has 1 unspecified atom stereocenters. The molecule has 0 aliphatic carbocycles. The van der Waals surface area contributed by atoms with Gasteiger partial charge < -0.3 is 4.52 Å². The fraction of sp³-hybridized carbons (Fsp3) is 0.467. The van der Waals surface area contributed by atoms with E-state index in [2.05, 4.69) is 0 Å². The van der Waals surface area contributed by atoms with E-state index >= 15 is 0 Å². The van der Waals surface area contributed by atoms with Crippen LogP contribution >= 0.6 is 7.82 Å². The van der Waals surface area contributed by atoms with Crippen molar-refractivity contribution in [3.05, 3.63) is 42.2 Å². The molecule has 9 heteroatoms. The number of phosphoric ester groups is 1. The van der Waals surface area contributed by atoms with Crippen LogP contribution in [0.25, 0.3) is 0 Å². The van der Waals surface area contributed by atoms with Crippen LogP contribution in [0, 0.1) is 0 Å². The zero-order chi connectivity index (χ0) is 18.2. The summed E-state index contributed by atoms with van der Waals surface area (Å²) in [7, 11) is -7.87. The van der Waals surface area contributed by atoms with Crippen LogP contribution in [0.2, 0.25) is 0 Å². The van der Waals surface area contributed by atoms with Gasteiger partial charge in [0.1, 0.15) is 5.76 Å². The molecular formula is C15H22FO6PS. The van der Waals surface area contributed by atoms with Gasteiger partial charge in [-0.25, -0.2) is 17.4 Å². The Morgan fingerprint density at radius 1 is 1.21 bits per heavy atom. The van der Waals surface area contributed by atoms with Gasteiger partial charge in [-0.3, -0.25) is 9.05 Å². The largest absolute Gasteiger partial charge is 0.529 e. The predicted octanol–water partition coefficient (Wildman–Crippen LogP) is 4.25. The van der Waals surface area contributed by atoms with Crippen LogP contribution in [0.15, 0.2) is 47.1 Å². The molecule has 0 aliphatic heterocycles. The number of phosphoric acid groups is 1. The summed E-state index contributed by atoms with van der Waals surface area (Å²) in [6, 6.07) is 7.33. The van der Waals surface area contributed by atoms with E-state index in [9.17, 15) is 17.4 Å². The Morgan fingerprint density at radius 3 is 2.25 bits per heavy atom. The van der Waals surface area contributed by atoms with Crippen molar-refractivity contribution in [1.82, 2.24) is 0 Å². The first-order valence-corrected chi connectivity index (χ1v) is 10.4. The maximum atomic E-state index is 14.1. The fourth-order valence-electron chi connectivity index (χ4n) is 1.76. The number of halogens is 1. The smallest absolute Gasteiger partial charge is 0.409 e. The molecule has 0 amide bonds. The second-order valence-electron chi connectivity index (χ2n) is 4.69. The number of alkyl halides is 1. The highest BCUT2D eigenvalue weighted by Gasteiger charge is 2.29. The van der Waals surface area contributed by atoms with E-state index in [1.54, 1.807) is 19.9 Å². The second kappa shape index (κ2) is 9.32. The first-order chi connectivity index (χ1) is 11.2. The molecule has 0 aromatic heterocycles. The number of benzene rings is 1. The summed E-state index contributed by atoms with van der Waals surface area (Å²) in [6.45, 7) is 4.89. The van der Waals surface area contributed by atoms with E-state index in [0.717, 1.165) is 0 Å². The van der Waals surface area contributed by atoms with Crippen molar-refractivity contribution in [3.8, 4) is 0 Å². The van der Waals surface area contributed by atoms with Crippen molar-refractivity contribution in [2.24, 2.45) is 0 Å². The molecule has 1 atom stereocenters. The number of sulfone groups is 1. The molecule has 0 N–H and O–H groups in total. The summed E-state index contributed by atoms with van der Waals surface area (Å²) in [6.07, 6.45) is 0.761. The third-order valence-electron chi connectivity index (χ3n) is 2.83. The van der Waals surface area contributed by atoms with Gasteiger partial charge in [0.2, 0.25) is 15.3 Å². The Balaban J connectivity index is 2.78. The van der Waals surface area contributed by atoms with E-state index in [4.69, 9.17) is 13.6 Å². The lowest BCUT2D eigenvalue weighted by Gasteiger charge is -2.17. The number of rotatable bonds is 10. The molecule has 0 radical (unpaired) electrons. The lowest BCUT2D eigenvalue weighted by molar-refractivity contribution is 0.145. The average molecular weight is 380 g/mol. The van der Waals surface area contributed by atoms with E-state index < -0.39 is 29.6 Å². The van der Waals surface area contributed by atoms with E-state index in [-0.39, 0.29) is 23.9 Å². The highest BCUT2D eigenvalue weighted by atomic mass is 32.2. The average Bonchev–Trinajstić information content (AvgIpc) is 2.53. The quantitative estimate of drug-likeness (QED) is 0.446. The van der Waals surface area contributed by atoms with Crippen LogP contribution in [0.5, 0.6) is 0 Å². The zero-order valence-corrected chi connectivity index (χ0v) is 15.6. The first kappa shape index (κ1) is 20.8. The van der Waals surface area contributed by atoms with Crippen LogP contribution in [-0.4, -0.2) is 27.1 Å². The standard InChI is InChI=1S/C15H22FO6PS/c1-4-20-23(17,21-5-2)22-13(3)11-12-15(16)24(18,19)14-9-7-6-8-10-14/h6-11,15H,4-5,12H2,1-3H3/b13-11-. The van der Waals surface area contributed by atoms with Crippen molar-refractivity contribution in [2.75, 3.05) is 13.2 Å². The summed E-state index contributed by atoms with van der Waals surface area (Å²) >= 11 is 0. The lowest BCUT2D eigenvalue weighted by Crippen LogP contribution is -2.16. The summed E-state index contributed by atoms with van der Waals surface area (Å²) in [5.74, 6) is 0.0612. The highest BCUT2D eigenvalue weighted by molar-refractivity contribution is 7.91. The Labute approximate surface area is 142 Å². The van der Waals surface area contributed by atoms with E-state index in [0.29, 0.717) is 0 Å². The third kappa shape index (κ3) is 6.02. The molecule has 1 aromatic rings. The van der Waals surface area contributed by atoms with E-state index in [1.807, 2.05) is 0 Å². The Bertz CT molecular complexity index is 679. The van der Waals surface area contributed by atoms with Crippen molar-refractivity contribution >= 4 is 17.7 Å². The number of hydrogen-bond acceptors (Lipinski definition) is 6. The molecule has 0 saturated heterocycles. The lowest BCUT2D eigenvalue weighted by atomic mass is 10.4. The molecular weight excluding hydrogens is 358 g/mol. The summed E-state index contributed by atoms with van der Waals surface area (Å²) < 4.78 is 65.5. The Kier molecular flexibility index (Phi) is 8.09. The zero-order valence-electron chi connectivity index (χ0n) is 13.8. The van der Waals surface area contributed by atoms with Crippen LogP contribution in [-0.2, 0) is 28.0 Å². The fourth-order valence-corrected chi connectivity index (χ4v) is 4.18. The van der Waals surface area contributed by atoms with Crippen molar-refractivity contribution in [1.29, 1.82) is 0 Å². The van der Waals surface area contributed by atoms with Crippen molar-refractivity contribution in [2.45, 2.75) is 37.6 Å². The van der Waals surface area contributed by atoms with Gasteiger partial charge >= 0.3 is 7.82 Å². The van der Waals surface area contributed by atoms with Crippen LogP contribution in [0.1, 0.15) is 27.2 Å². The summed E-state index contributed by atoms with van der Waals surface area (Å²) in [5.41, 5.74) is -2.14.